The maximum Gasteiger partial charge on any atom is 0.150 e. The van der Waals surface area contributed by atoms with Crippen LogP contribution in [0, 0.1) is 11.6 Å². The first-order chi connectivity index (χ1) is 8.06. The molecular formula is C10H6Cl2F2N2S. The number of aromatic nitrogens is 1. The molecule has 0 radical (unpaired) electrons. The van der Waals surface area contributed by atoms with Crippen LogP contribution in [0.5, 0.6) is 0 Å². The molecular weight excluding hydrogens is 289 g/mol. The van der Waals surface area contributed by atoms with Gasteiger partial charge in [0.15, 0.2) is 5.82 Å². The maximum absolute atomic E-state index is 13.4. The van der Waals surface area contributed by atoms with Gasteiger partial charge < -0.3 is 5.32 Å². The van der Waals surface area contributed by atoms with Crippen LogP contribution in [0.2, 0.25) is 9.36 Å². The number of anilines is 1. The molecule has 17 heavy (non-hydrogen) atoms. The average Bonchev–Trinajstić information content (AvgIpc) is 2.62. The van der Waals surface area contributed by atoms with Crippen molar-refractivity contribution >= 4 is 40.2 Å². The number of nitrogens with one attached hydrogen (secondary N) is 1. The molecule has 0 amide bonds. The minimum absolute atomic E-state index is 0.00912. The van der Waals surface area contributed by atoms with Gasteiger partial charge in [-0.3, -0.25) is 0 Å². The second kappa shape index (κ2) is 5.16. The smallest absolute Gasteiger partial charge is 0.150 e. The Morgan fingerprint density at radius 2 is 2.06 bits per heavy atom. The van der Waals surface area contributed by atoms with E-state index in [1.807, 2.05) is 0 Å². The van der Waals surface area contributed by atoms with Gasteiger partial charge >= 0.3 is 0 Å². The Hall–Kier alpha value is -0.910. The van der Waals surface area contributed by atoms with Crippen molar-refractivity contribution in [2.45, 2.75) is 6.54 Å². The first kappa shape index (κ1) is 12.5. The maximum atomic E-state index is 13.4. The predicted octanol–water partition coefficient (Wildman–Crippen LogP) is 4.34. The molecule has 0 atom stereocenters. The van der Waals surface area contributed by atoms with Crippen LogP contribution in [0.25, 0.3) is 0 Å². The number of thiazole rings is 1. The molecule has 0 aliphatic carbocycles. The van der Waals surface area contributed by atoms with Gasteiger partial charge in [-0.05, 0) is 6.07 Å². The zero-order chi connectivity index (χ0) is 12.4. The summed E-state index contributed by atoms with van der Waals surface area (Å²) >= 11 is 12.7. The summed E-state index contributed by atoms with van der Waals surface area (Å²) < 4.78 is 26.7. The van der Waals surface area contributed by atoms with Crippen LogP contribution in [-0.4, -0.2) is 4.98 Å². The van der Waals surface area contributed by atoms with Gasteiger partial charge in [-0.1, -0.05) is 23.2 Å². The van der Waals surface area contributed by atoms with Crippen molar-refractivity contribution in [1.82, 2.24) is 4.98 Å². The summed E-state index contributed by atoms with van der Waals surface area (Å²) in [6.45, 7) is 0.277. The molecule has 2 nitrogen and oxygen atoms in total. The lowest BCUT2D eigenvalue weighted by Gasteiger charge is -2.07. The number of halogens is 4. The molecule has 7 heteroatoms. The van der Waals surface area contributed by atoms with Crippen molar-refractivity contribution in [2.24, 2.45) is 0 Å². The molecule has 2 rings (SSSR count). The molecule has 0 aliphatic heterocycles. The molecule has 1 aromatic carbocycles. The third-order valence-corrected chi connectivity index (χ3v) is 3.36. The largest absolute Gasteiger partial charge is 0.375 e. The normalized spacial score (nSPS) is 10.6. The Kier molecular flexibility index (Phi) is 3.81. The minimum Gasteiger partial charge on any atom is -0.375 e. The number of hydrogen-bond acceptors (Lipinski definition) is 3. The molecule has 0 fully saturated rings. The minimum atomic E-state index is -0.738. The van der Waals surface area contributed by atoms with E-state index < -0.39 is 11.6 Å². The highest BCUT2D eigenvalue weighted by Gasteiger charge is 2.10. The van der Waals surface area contributed by atoms with Crippen LogP contribution in [-0.2, 0) is 6.54 Å². The van der Waals surface area contributed by atoms with Gasteiger partial charge in [0.05, 0.1) is 23.5 Å². The zero-order valence-corrected chi connectivity index (χ0v) is 10.6. The highest BCUT2D eigenvalue weighted by atomic mass is 35.5. The number of hydrogen-bond donors (Lipinski definition) is 1. The topological polar surface area (TPSA) is 24.9 Å². The molecule has 2 aromatic rings. The third kappa shape index (κ3) is 3.06. The lowest BCUT2D eigenvalue weighted by atomic mass is 10.3. The Bertz CT molecular complexity index is 522. The van der Waals surface area contributed by atoms with E-state index in [0.717, 1.165) is 12.1 Å². The number of rotatable bonds is 3. The fourth-order valence-electron chi connectivity index (χ4n) is 1.24. The SMILES string of the molecule is Fc1cc(F)c(NCc2ncc(Cl)s2)c(Cl)c1. The number of nitrogens with zero attached hydrogens (tertiary/aromatic N) is 1. The monoisotopic (exact) mass is 294 g/mol. The summed E-state index contributed by atoms with van der Waals surface area (Å²) in [5.41, 5.74) is 0.0550. The van der Waals surface area contributed by atoms with Crippen molar-refractivity contribution in [3.8, 4) is 0 Å². The van der Waals surface area contributed by atoms with Crippen molar-refractivity contribution in [3.63, 3.8) is 0 Å². The standard InChI is InChI=1S/C10H6Cl2F2N2S/c11-6-1-5(13)2-7(14)10(6)16-4-9-15-3-8(12)17-9/h1-3,16H,4H2. The molecule has 1 aromatic heterocycles. The van der Waals surface area contributed by atoms with Crippen molar-refractivity contribution in [1.29, 1.82) is 0 Å². The van der Waals surface area contributed by atoms with Crippen LogP contribution in [0.15, 0.2) is 18.3 Å². The van der Waals surface area contributed by atoms with Gasteiger partial charge in [-0.2, -0.15) is 0 Å². The lowest BCUT2D eigenvalue weighted by molar-refractivity contribution is 0.585. The molecule has 0 saturated carbocycles. The Morgan fingerprint density at radius 3 is 2.65 bits per heavy atom. The molecule has 0 spiro atoms. The number of benzene rings is 1. The average molecular weight is 295 g/mol. The summed E-state index contributed by atoms with van der Waals surface area (Å²) in [4.78, 5) is 3.99. The quantitative estimate of drug-likeness (QED) is 0.911. The Morgan fingerprint density at radius 1 is 1.29 bits per heavy atom. The van der Waals surface area contributed by atoms with E-state index >= 15 is 0 Å². The van der Waals surface area contributed by atoms with E-state index in [0.29, 0.717) is 9.34 Å². The third-order valence-electron chi connectivity index (χ3n) is 1.95. The first-order valence-corrected chi connectivity index (χ1v) is 6.12. The zero-order valence-electron chi connectivity index (χ0n) is 8.31. The van der Waals surface area contributed by atoms with Crippen LogP contribution in [0.4, 0.5) is 14.5 Å². The van der Waals surface area contributed by atoms with E-state index in [1.165, 1.54) is 17.5 Å². The molecule has 0 aliphatic rings. The molecule has 0 saturated heterocycles. The fourth-order valence-corrected chi connectivity index (χ4v) is 2.40. The van der Waals surface area contributed by atoms with Crippen molar-refractivity contribution in [2.75, 3.05) is 5.32 Å². The second-order valence-electron chi connectivity index (χ2n) is 3.16. The van der Waals surface area contributed by atoms with Gasteiger partial charge in [-0.15, -0.1) is 11.3 Å². The van der Waals surface area contributed by atoms with Gasteiger partial charge in [0.2, 0.25) is 0 Å². The summed E-state index contributed by atoms with van der Waals surface area (Å²) in [6.07, 6.45) is 1.51. The highest BCUT2D eigenvalue weighted by Crippen LogP contribution is 2.27. The van der Waals surface area contributed by atoms with Crippen molar-refractivity contribution in [3.05, 3.63) is 44.3 Å². The molecule has 90 valence electrons. The summed E-state index contributed by atoms with van der Waals surface area (Å²) in [6, 6.07) is 1.81. The Labute approximate surface area is 110 Å². The van der Waals surface area contributed by atoms with E-state index in [2.05, 4.69) is 10.3 Å². The van der Waals surface area contributed by atoms with Crippen molar-refractivity contribution < 1.29 is 8.78 Å². The van der Waals surface area contributed by atoms with Gasteiger partial charge in [0.25, 0.3) is 0 Å². The molecule has 1 heterocycles. The lowest BCUT2D eigenvalue weighted by Crippen LogP contribution is -2.02. The van der Waals surface area contributed by atoms with Crippen LogP contribution in [0.3, 0.4) is 0 Å². The summed E-state index contributed by atoms with van der Waals surface area (Å²) in [5.74, 6) is -1.45. The molecule has 0 unspecified atom stereocenters. The first-order valence-electron chi connectivity index (χ1n) is 4.55. The van der Waals surface area contributed by atoms with E-state index in [9.17, 15) is 8.78 Å². The summed E-state index contributed by atoms with van der Waals surface area (Å²) in [5, 5.41) is 3.43. The highest BCUT2D eigenvalue weighted by molar-refractivity contribution is 7.15. The van der Waals surface area contributed by atoms with Crippen LogP contribution in [0.1, 0.15) is 5.01 Å². The second-order valence-corrected chi connectivity index (χ2v) is 5.31. The van der Waals surface area contributed by atoms with Crippen LogP contribution < -0.4 is 5.32 Å². The fraction of sp³-hybridized carbons (Fsp3) is 0.100. The van der Waals surface area contributed by atoms with E-state index in [4.69, 9.17) is 23.2 Å². The summed E-state index contributed by atoms with van der Waals surface area (Å²) in [7, 11) is 0. The Balaban J connectivity index is 2.14. The van der Waals surface area contributed by atoms with Gasteiger partial charge in [0, 0.05) is 6.07 Å². The molecule has 1 N–H and O–H groups in total. The van der Waals surface area contributed by atoms with Gasteiger partial charge in [0.1, 0.15) is 15.2 Å². The van der Waals surface area contributed by atoms with Crippen LogP contribution >= 0.6 is 34.5 Å². The van der Waals surface area contributed by atoms with E-state index in [-0.39, 0.29) is 17.3 Å². The molecule has 0 bridgehead atoms. The predicted molar refractivity (Wildman–Crippen MR) is 65.8 cm³/mol. The van der Waals surface area contributed by atoms with E-state index in [1.54, 1.807) is 0 Å². The van der Waals surface area contributed by atoms with Gasteiger partial charge in [-0.25, -0.2) is 13.8 Å².